The van der Waals surface area contributed by atoms with Gasteiger partial charge >= 0.3 is 5.97 Å². The fraction of sp³-hybridized carbons (Fsp3) is 0.357. The average molecular weight is 234 g/mol. The number of allylic oxidation sites excluding steroid dienone is 1. The number of carbonyl (C=O) groups excluding carboxylic acids is 1. The molecule has 3 nitrogen and oxygen atoms in total. The van der Waals surface area contributed by atoms with Gasteiger partial charge in [-0.15, -0.1) is 0 Å². The van der Waals surface area contributed by atoms with E-state index in [1.807, 2.05) is 30.3 Å². The van der Waals surface area contributed by atoms with Gasteiger partial charge in [-0.25, -0.2) is 4.79 Å². The van der Waals surface area contributed by atoms with E-state index in [1.54, 1.807) is 0 Å². The topological polar surface area (TPSA) is 46.5 Å². The van der Waals surface area contributed by atoms with Gasteiger partial charge in [-0.1, -0.05) is 43.7 Å². The summed E-state index contributed by atoms with van der Waals surface area (Å²) >= 11 is 0. The van der Waals surface area contributed by atoms with E-state index in [4.69, 9.17) is 0 Å². The largest absolute Gasteiger partial charge is 0.502 e. The smallest absolute Gasteiger partial charge is 0.373 e. The lowest BCUT2D eigenvalue weighted by atomic mass is 9.99. The zero-order valence-electron chi connectivity index (χ0n) is 10.3. The Bertz CT molecular complexity index is 393. The minimum absolute atomic E-state index is 0.285. The summed E-state index contributed by atoms with van der Waals surface area (Å²) < 4.78 is 4.55. The monoisotopic (exact) mass is 234 g/mol. The van der Waals surface area contributed by atoms with E-state index >= 15 is 0 Å². The Balaban J connectivity index is 3.07. The number of aliphatic hydroxyl groups excluding tert-OH is 1. The summed E-state index contributed by atoms with van der Waals surface area (Å²) in [6, 6.07) is 9.42. The minimum Gasteiger partial charge on any atom is -0.502 e. The lowest BCUT2D eigenvalue weighted by Crippen LogP contribution is -2.07. The molecule has 0 heterocycles. The fourth-order valence-electron chi connectivity index (χ4n) is 1.61. The quantitative estimate of drug-likeness (QED) is 0.483. The highest BCUT2D eigenvalue weighted by Crippen LogP contribution is 2.24. The maximum Gasteiger partial charge on any atom is 0.373 e. The average Bonchev–Trinajstić information content (AvgIpc) is 2.39. The maximum atomic E-state index is 11.4. The van der Waals surface area contributed by atoms with Crippen LogP contribution in [-0.4, -0.2) is 18.2 Å². The summed E-state index contributed by atoms with van der Waals surface area (Å²) in [7, 11) is 1.26. The lowest BCUT2D eigenvalue weighted by molar-refractivity contribution is -0.138. The van der Waals surface area contributed by atoms with E-state index in [2.05, 4.69) is 11.7 Å². The van der Waals surface area contributed by atoms with Crippen LogP contribution >= 0.6 is 0 Å². The number of esters is 1. The van der Waals surface area contributed by atoms with Crippen LogP contribution in [0.5, 0.6) is 0 Å². The van der Waals surface area contributed by atoms with Crippen LogP contribution in [0.3, 0.4) is 0 Å². The predicted molar refractivity (Wildman–Crippen MR) is 67.5 cm³/mol. The van der Waals surface area contributed by atoms with Crippen molar-refractivity contribution >= 4 is 11.5 Å². The second-order valence-electron chi connectivity index (χ2n) is 3.79. The van der Waals surface area contributed by atoms with Gasteiger partial charge in [0.15, 0.2) is 0 Å². The van der Waals surface area contributed by atoms with Gasteiger partial charge in [0.25, 0.3) is 0 Å². The predicted octanol–water partition coefficient (Wildman–Crippen LogP) is 3.32. The normalized spacial score (nSPS) is 11.9. The van der Waals surface area contributed by atoms with Crippen molar-refractivity contribution < 1.29 is 14.6 Å². The number of hydrogen-bond acceptors (Lipinski definition) is 3. The number of benzene rings is 1. The highest BCUT2D eigenvalue weighted by molar-refractivity contribution is 5.95. The van der Waals surface area contributed by atoms with Crippen molar-refractivity contribution in [3.63, 3.8) is 0 Å². The van der Waals surface area contributed by atoms with E-state index in [1.165, 1.54) is 7.11 Å². The molecular weight excluding hydrogens is 216 g/mol. The van der Waals surface area contributed by atoms with E-state index in [-0.39, 0.29) is 5.76 Å². The summed E-state index contributed by atoms with van der Waals surface area (Å²) in [6.45, 7) is 2.07. The third-order valence-electron chi connectivity index (χ3n) is 2.57. The molecule has 0 aromatic heterocycles. The molecule has 1 rings (SSSR count). The molecule has 0 spiro atoms. The number of aliphatic hydroxyl groups is 1. The molecule has 92 valence electrons. The molecule has 0 amide bonds. The van der Waals surface area contributed by atoms with Crippen molar-refractivity contribution in [1.82, 2.24) is 0 Å². The molecule has 0 aliphatic heterocycles. The molecule has 1 aromatic rings. The number of carbonyl (C=O) groups is 1. The molecule has 0 atom stereocenters. The molecule has 0 saturated heterocycles. The van der Waals surface area contributed by atoms with Gasteiger partial charge < -0.3 is 9.84 Å². The molecule has 1 N–H and O–H groups in total. The Labute approximate surface area is 102 Å². The molecule has 0 saturated carbocycles. The summed E-state index contributed by atoms with van der Waals surface area (Å²) in [6.07, 6.45) is 2.59. The second kappa shape index (κ2) is 6.74. The van der Waals surface area contributed by atoms with Crippen LogP contribution in [-0.2, 0) is 9.53 Å². The Morgan fingerprint density at radius 2 is 1.94 bits per heavy atom. The molecule has 0 bridgehead atoms. The minimum atomic E-state index is -0.681. The van der Waals surface area contributed by atoms with Crippen molar-refractivity contribution in [1.29, 1.82) is 0 Å². The molecule has 3 heteroatoms. The first kappa shape index (κ1) is 13.3. The highest BCUT2D eigenvalue weighted by atomic mass is 16.5. The van der Waals surface area contributed by atoms with Crippen molar-refractivity contribution in [2.75, 3.05) is 7.11 Å². The zero-order valence-corrected chi connectivity index (χ0v) is 10.3. The lowest BCUT2D eigenvalue weighted by Gasteiger charge is -2.09. The van der Waals surface area contributed by atoms with Crippen molar-refractivity contribution in [3.05, 3.63) is 41.7 Å². The summed E-state index contributed by atoms with van der Waals surface area (Å²) in [4.78, 5) is 11.4. The third kappa shape index (κ3) is 3.63. The Morgan fingerprint density at radius 1 is 1.29 bits per heavy atom. The molecule has 1 aromatic carbocycles. The Morgan fingerprint density at radius 3 is 2.47 bits per heavy atom. The Kier molecular flexibility index (Phi) is 5.27. The van der Waals surface area contributed by atoms with Crippen LogP contribution in [0, 0.1) is 0 Å². The number of ether oxygens (including phenoxy) is 1. The zero-order chi connectivity index (χ0) is 12.7. The van der Waals surface area contributed by atoms with Gasteiger partial charge in [0, 0.05) is 5.57 Å². The van der Waals surface area contributed by atoms with E-state index in [0.29, 0.717) is 12.0 Å². The number of rotatable bonds is 5. The van der Waals surface area contributed by atoms with Gasteiger partial charge in [-0.05, 0) is 18.4 Å². The molecule has 0 fully saturated rings. The van der Waals surface area contributed by atoms with Gasteiger partial charge in [0.05, 0.1) is 7.11 Å². The summed E-state index contributed by atoms with van der Waals surface area (Å²) in [5, 5.41) is 9.86. The first-order valence-corrected chi connectivity index (χ1v) is 5.76. The van der Waals surface area contributed by atoms with Gasteiger partial charge in [-0.2, -0.15) is 0 Å². The van der Waals surface area contributed by atoms with Crippen molar-refractivity contribution in [2.45, 2.75) is 26.2 Å². The van der Waals surface area contributed by atoms with Gasteiger partial charge in [-0.3, -0.25) is 0 Å². The highest BCUT2D eigenvalue weighted by Gasteiger charge is 2.15. The Hall–Kier alpha value is -1.77. The van der Waals surface area contributed by atoms with E-state index in [9.17, 15) is 9.90 Å². The summed E-state index contributed by atoms with van der Waals surface area (Å²) in [5.41, 5.74) is 1.52. The summed E-state index contributed by atoms with van der Waals surface area (Å²) in [5.74, 6) is -0.966. The molecule has 0 aliphatic carbocycles. The SMILES string of the molecule is CCCCC(=C(O)C(=O)OC)c1ccccc1. The molecule has 0 unspecified atom stereocenters. The van der Waals surface area contributed by atoms with E-state index < -0.39 is 5.97 Å². The second-order valence-corrected chi connectivity index (χ2v) is 3.79. The standard InChI is InChI=1S/C14H18O3/c1-3-4-10-12(13(15)14(16)17-2)11-8-6-5-7-9-11/h5-9,15H,3-4,10H2,1-2H3. The molecular formula is C14H18O3. The first-order valence-electron chi connectivity index (χ1n) is 5.76. The van der Waals surface area contributed by atoms with Crippen LogP contribution in [0.15, 0.2) is 36.1 Å². The van der Waals surface area contributed by atoms with E-state index in [0.717, 1.165) is 18.4 Å². The number of methoxy groups -OCH3 is 1. The molecule has 0 aliphatic rings. The number of unbranched alkanes of at least 4 members (excludes halogenated alkanes) is 1. The maximum absolute atomic E-state index is 11.4. The van der Waals surface area contributed by atoms with Crippen LogP contribution < -0.4 is 0 Å². The first-order chi connectivity index (χ1) is 8.20. The van der Waals surface area contributed by atoms with Crippen LogP contribution in [0.1, 0.15) is 31.7 Å². The van der Waals surface area contributed by atoms with Crippen LogP contribution in [0.4, 0.5) is 0 Å². The van der Waals surface area contributed by atoms with Crippen molar-refractivity contribution in [2.24, 2.45) is 0 Å². The third-order valence-corrected chi connectivity index (χ3v) is 2.57. The van der Waals surface area contributed by atoms with Gasteiger partial charge in [0.1, 0.15) is 0 Å². The van der Waals surface area contributed by atoms with Crippen LogP contribution in [0.2, 0.25) is 0 Å². The molecule has 17 heavy (non-hydrogen) atoms. The van der Waals surface area contributed by atoms with Crippen molar-refractivity contribution in [3.8, 4) is 0 Å². The van der Waals surface area contributed by atoms with Crippen LogP contribution in [0.25, 0.3) is 5.57 Å². The fourth-order valence-corrected chi connectivity index (χ4v) is 1.61. The molecule has 0 radical (unpaired) electrons. The van der Waals surface area contributed by atoms with Gasteiger partial charge in [0.2, 0.25) is 5.76 Å². The number of hydrogen-bond donors (Lipinski definition) is 1.